The molecule has 3 rings (SSSR count). The smallest absolute Gasteiger partial charge is 0.244 e. The summed E-state index contributed by atoms with van der Waals surface area (Å²) in [5, 5.41) is 12.2. The molecule has 1 fully saturated rings. The fourth-order valence-electron chi connectivity index (χ4n) is 2.93. The zero-order valence-electron chi connectivity index (χ0n) is 13.4. The molecular weight excluding hydrogens is 302 g/mol. The number of amides is 1. The number of carbonyl (C=O) groups is 1. The van der Waals surface area contributed by atoms with Gasteiger partial charge in [-0.15, -0.1) is 0 Å². The molecular formula is C19H19N3O2. The van der Waals surface area contributed by atoms with E-state index in [-0.39, 0.29) is 5.91 Å². The van der Waals surface area contributed by atoms with Crippen molar-refractivity contribution in [3.05, 3.63) is 54.4 Å². The lowest BCUT2D eigenvalue weighted by Crippen LogP contribution is -2.32. The van der Waals surface area contributed by atoms with Crippen molar-refractivity contribution in [1.29, 1.82) is 5.26 Å². The van der Waals surface area contributed by atoms with E-state index in [4.69, 9.17) is 4.74 Å². The van der Waals surface area contributed by atoms with Crippen LogP contribution in [0.2, 0.25) is 0 Å². The first-order chi connectivity index (χ1) is 11.7. The van der Waals surface area contributed by atoms with Gasteiger partial charge in [-0.25, -0.2) is 0 Å². The van der Waals surface area contributed by atoms with Crippen LogP contribution in [0.4, 0.5) is 5.69 Å². The zero-order chi connectivity index (χ0) is 16.8. The van der Waals surface area contributed by atoms with E-state index in [0.29, 0.717) is 30.9 Å². The van der Waals surface area contributed by atoms with Crippen LogP contribution in [0.5, 0.6) is 5.75 Å². The van der Waals surface area contributed by atoms with Crippen LogP contribution < -0.4 is 10.1 Å². The molecule has 2 aromatic rings. The van der Waals surface area contributed by atoms with E-state index in [0.717, 1.165) is 18.4 Å². The highest BCUT2D eigenvalue weighted by Crippen LogP contribution is 2.38. The second kappa shape index (κ2) is 7.14. The molecule has 0 bridgehead atoms. The van der Waals surface area contributed by atoms with Crippen molar-refractivity contribution in [3.8, 4) is 11.8 Å². The average Bonchev–Trinajstić information content (AvgIpc) is 3.12. The molecule has 0 spiro atoms. The van der Waals surface area contributed by atoms with Crippen LogP contribution in [0.1, 0.15) is 31.2 Å². The number of pyridine rings is 1. The van der Waals surface area contributed by atoms with Gasteiger partial charge in [0.15, 0.2) is 0 Å². The Morgan fingerprint density at radius 3 is 2.83 bits per heavy atom. The summed E-state index contributed by atoms with van der Waals surface area (Å²) in [6, 6.07) is 13.2. The Hall–Kier alpha value is -2.87. The van der Waals surface area contributed by atoms with Gasteiger partial charge in [0, 0.05) is 29.7 Å². The van der Waals surface area contributed by atoms with Crippen LogP contribution in [0.15, 0.2) is 48.8 Å². The minimum atomic E-state index is -0.882. The van der Waals surface area contributed by atoms with Gasteiger partial charge in [0.2, 0.25) is 5.91 Å². The van der Waals surface area contributed by atoms with Gasteiger partial charge in [0.25, 0.3) is 0 Å². The van der Waals surface area contributed by atoms with E-state index in [9.17, 15) is 10.1 Å². The minimum Gasteiger partial charge on any atom is -0.489 e. The van der Waals surface area contributed by atoms with Crippen LogP contribution in [-0.4, -0.2) is 10.9 Å². The molecule has 24 heavy (non-hydrogen) atoms. The third-order valence-corrected chi connectivity index (χ3v) is 4.33. The number of benzene rings is 1. The number of hydrogen-bond donors (Lipinski definition) is 1. The molecule has 0 saturated heterocycles. The Balaban J connectivity index is 1.65. The first-order valence-electron chi connectivity index (χ1n) is 8.06. The highest BCUT2D eigenvalue weighted by molar-refractivity contribution is 5.97. The summed E-state index contributed by atoms with van der Waals surface area (Å²) >= 11 is 0. The van der Waals surface area contributed by atoms with Gasteiger partial charge in [-0.2, -0.15) is 5.26 Å². The van der Waals surface area contributed by atoms with Crippen molar-refractivity contribution >= 4 is 11.6 Å². The lowest BCUT2D eigenvalue weighted by atomic mass is 9.87. The average molecular weight is 321 g/mol. The Morgan fingerprint density at radius 1 is 1.29 bits per heavy atom. The molecule has 1 amide bonds. The first kappa shape index (κ1) is 16.0. The maximum atomic E-state index is 12.5. The Morgan fingerprint density at radius 2 is 2.12 bits per heavy atom. The minimum absolute atomic E-state index is 0.216. The van der Waals surface area contributed by atoms with Crippen molar-refractivity contribution in [2.45, 2.75) is 32.3 Å². The molecule has 1 N–H and O–H groups in total. The van der Waals surface area contributed by atoms with E-state index >= 15 is 0 Å². The third kappa shape index (κ3) is 3.54. The number of anilines is 1. The molecule has 0 unspecified atom stereocenters. The number of ether oxygens (including phenoxy) is 1. The molecule has 1 aromatic carbocycles. The van der Waals surface area contributed by atoms with Crippen LogP contribution >= 0.6 is 0 Å². The fourth-order valence-corrected chi connectivity index (χ4v) is 2.93. The molecule has 0 radical (unpaired) electrons. The quantitative estimate of drug-likeness (QED) is 0.911. The molecule has 0 aliphatic heterocycles. The molecule has 122 valence electrons. The van der Waals surface area contributed by atoms with Crippen LogP contribution in [0.25, 0.3) is 0 Å². The fraction of sp³-hybridized carbons (Fsp3) is 0.316. The number of aromatic nitrogens is 1. The third-order valence-electron chi connectivity index (χ3n) is 4.33. The number of hydrogen-bond acceptors (Lipinski definition) is 4. The largest absolute Gasteiger partial charge is 0.489 e. The highest BCUT2D eigenvalue weighted by atomic mass is 16.5. The number of nitrogens with one attached hydrogen (secondary N) is 1. The summed E-state index contributed by atoms with van der Waals surface area (Å²) in [4.78, 5) is 16.5. The summed E-state index contributed by atoms with van der Waals surface area (Å²) in [5.41, 5.74) is 0.735. The lowest BCUT2D eigenvalue weighted by molar-refractivity contribution is -0.122. The Labute approximate surface area is 141 Å². The maximum absolute atomic E-state index is 12.5. The second-order valence-electron chi connectivity index (χ2n) is 6.03. The Kier molecular flexibility index (Phi) is 4.76. The normalized spacial score (nSPS) is 15.5. The lowest BCUT2D eigenvalue weighted by Gasteiger charge is -2.19. The van der Waals surface area contributed by atoms with E-state index in [2.05, 4.69) is 16.4 Å². The molecule has 1 aliphatic rings. The van der Waals surface area contributed by atoms with E-state index < -0.39 is 5.41 Å². The molecule has 0 atom stereocenters. The van der Waals surface area contributed by atoms with Gasteiger partial charge in [-0.3, -0.25) is 9.78 Å². The van der Waals surface area contributed by atoms with Gasteiger partial charge in [0.05, 0.1) is 6.07 Å². The van der Waals surface area contributed by atoms with Crippen molar-refractivity contribution in [2.24, 2.45) is 5.41 Å². The molecule has 1 saturated carbocycles. The summed E-state index contributed by atoms with van der Waals surface area (Å²) in [6.07, 6.45) is 6.58. The predicted molar refractivity (Wildman–Crippen MR) is 90.2 cm³/mol. The first-order valence-corrected chi connectivity index (χ1v) is 8.06. The van der Waals surface area contributed by atoms with Gasteiger partial charge in [0.1, 0.15) is 17.8 Å². The molecule has 1 aliphatic carbocycles. The Bertz CT molecular complexity index is 747. The van der Waals surface area contributed by atoms with Crippen molar-refractivity contribution < 1.29 is 9.53 Å². The number of nitrogens with zero attached hydrogens (tertiary/aromatic N) is 2. The topological polar surface area (TPSA) is 75.0 Å². The van der Waals surface area contributed by atoms with E-state index in [1.165, 1.54) is 0 Å². The molecule has 1 heterocycles. The summed E-state index contributed by atoms with van der Waals surface area (Å²) in [6.45, 7) is 0.410. The number of nitriles is 1. The summed E-state index contributed by atoms with van der Waals surface area (Å²) in [5.74, 6) is 0.445. The molecule has 5 heteroatoms. The van der Waals surface area contributed by atoms with Crippen molar-refractivity contribution in [1.82, 2.24) is 4.98 Å². The van der Waals surface area contributed by atoms with Gasteiger partial charge in [-0.05, 0) is 31.0 Å². The highest BCUT2D eigenvalue weighted by Gasteiger charge is 2.41. The summed E-state index contributed by atoms with van der Waals surface area (Å²) in [7, 11) is 0. The number of rotatable bonds is 5. The van der Waals surface area contributed by atoms with Crippen LogP contribution in [0.3, 0.4) is 0 Å². The second-order valence-corrected chi connectivity index (χ2v) is 6.03. The molecule has 1 aromatic heterocycles. The van der Waals surface area contributed by atoms with Crippen molar-refractivity contribution in [3.63, 3.8) is 0 Å². The summed E-state index contributed by atoms with van der Waals surface area (Å²) < 4.78 is 5.73. The SMILES string of the molecule is N#CC1(C(=O)Nc2cccc(OCc3cccnc3)c2)CCCC1. The van der Waals surface area contributed by atoms with E-state index in [1.54, 1.807) is 24.5 Å². The standard InChI is InChI=1S/C19H19N3O2/c20-14-19(8-1-2-9-19)18(23)22-16-6-3-7-17(11-16)24-13-15-5-4-10-21-12-15/h3-7,10-12H,1-2,8-9,13H2,(H,22,23). The number of carbonyl (C=O) groups excluding carboxylic acids is 1. The molecule has 5 nitrogen and oxygen atoms in total. The van der Waals surface area contributed by atoms with Gasteiger partial charge < -0.3 is 10.1 Å². The monoisotopic (exact) mass is 321 g/mol. The van der Waals surface area contributed by atoms with Gasteiger partial charge in [-0.1, -0.05) is 25.0 Å². The maximum Gasteiger partial charge on any atom is 0.244 e. The van der Waals surface area contributed by atoms with Crippen LogP contribution in [0, 0.1) is 16.7 Å². The predicted octanol–water partition coefficient (Wildman–Crippen LogP) is 3.68. The van der Waals surface area contributed by atoms with E-state index in [1.807, 2.05) is 24.3 Å². The van der Waals surface area contributed by atoms with Crippen LogP contribution in [-0.2, 0) is 11.4 Å². The van der Waals surface area contributed by atoms with Gasteiger partial charge >= 0.3 is 0 Å². The zero-order valence-corrected chi connectivity index (χ0v) is 13.4. The van der Waals surface area contributed by atoms with Crippen molar-refractivity contribution in [2.75, 3.05) is 5.32 Å².